The molecule has 0 amide bonds. The van der Waals surface area contributed by atoms with E-state index in [-0.39, 0.29) is 11.7 Å². The van der Waals surface area contributed by atoms with E-state index < -0.39 is 0 Å². The van der Waals surface area contributed by atoms with Gasteiger partial charge in [0.15, 0.2) is 5.78 Å². The molecule has 1 heterocycles. The Morgan fingerprint density at radius 2 is 2.11 bits per heavy atom. The molecule has 0 fully saturated rings. The summed E-state index contributed by atoms with van der Waals surface area (Å²) < 4.78 is 1.71. The molecule has 3 nitrogen and oxygen atoms in total. The Labute approximate surface area is 111 Å². The van der Waals surface area contributed by atoms with Crippen LogP contribution in [0.15, 0.2) is 48.8 Å². The van der Waals surface area contributed by atoms with Gasteiger partial charge in [0.25, 0.3) is 0 Å². The Balaban J connectivity index is 1.96. The molecule has 0 aliphatic heterocycles. The molecule has 0 atom stereocenters. The second-order valence-corrected chi connectivity index (χ2v) is 4.09. The van der Waals surface area contributed by atoms with Gasteiger partial charge in [0.05, 0.1) is 24.2 Å². The highest BCUT2D eigenvalue weighted by atomic mass is 35.5. The minimum absolute atomic E-state index is 0.00838. The Kier molecular flexibility index (Phi) is 4.31. The first-order valence-corrected chi connectivity index (χ1v) is 6.16. The predicted octanol–water partition coefficient (Wildman–Crippen LogP) is 3.02. The molecule has 0 aliphatic rings. The van der Waals surface area contributed by atoms with Crippen LogP contribution in [0.3, 0.4) is 0 Å². The Bertz CT molecular complexity index is 546. The van der Waals surface area contributed by atoms with Crippen molar-refractivity contribution in [1.82, 2.24) is 9.78 Å². The summed E-state index contributed by atoms with van der Waals surface area (Å²) in [6.45, 7) is 0.629. The number of benzene rings is 1. The van der Waals surface area contributed by atoms with E-state index in [9.17, 15) is 4.79 Å². The number of carbonyl (C=O) groups is 1. The van der Waals surface area contributed by atoms with Crippen LogP contribution in [0.5, 0.6) is 0 Å². The fourth-order valence-electron chi connectivity index (χ4n) is 1.55. The smallest absolute Gasteiger partial charge is 0.180 e. The molecule has 18 heavy (non-hydrogen) atoms. The third-order valence-corrected chi connectivity index (χ3v) is 2.72. The highest BCUT2D eigenvalue weighted by molar-refractivity contribution is 6.30. The lowest BCUT2D eigenvalue weighted by atomic mass is 10.2. The highest BCUT2D eigenvalue weighted by Gasteiger charge is 2.05. The van der Waals surface area contributed by atoms with Crippen molar-refractivity contribution in [2.75, 3.05) is 5.88 Å². The number of alkyl halides is 1. The zero-order chi connectivity index (χ0) is 12.8. The largest absolute Gasteiger partial charge is 0.293 e. The standard InChI is InChI=1S/C14H13ClN2O/c15-9-14(18)13-10-16-17(11-13)8-4-7-12-5-2-1-3-6-12/h1-7,10-11H,8-9H2/b7-4+. The average molecular weight is 261 g/mol. The van der Waals surface area contributed by atoms with Gasteiger partial charge in [0.1, 0.15) is 0 Å². The van der Waals surface area contributed by atoms with Crippen LogP contribution >= 0.6 is 11.6 Å². The number of nitrogens with zero attached hydrogens (tertiary/aromatic N) is 2. The van der Waals surface area contributed by atoms with Gasteiger partial charge in [-0.05, 0) is 5.56 Å². The zero-order valence-electron chi connectivity index (χ0n) is 9.79. The van der Waals surface area contributed by atoms with Crippen LogP contribution in [0.4, 0.5) is 0 Å². The summed E-state index contributed by atoms with van der Waals surface area (Å²) in [5, 5.41) is 4.10. The second kappa shape index (κ2) is 6.17. The maximum absolute atomic E-state index is 11.3. The number of allylic oxidation sites excluding steroid dienone is 1. The van der Waals surface area contributed by atoms with E-state index in [0.717, 1.165) is 5.56 Å². The van der Waals surface area contributed by atoms with Gasteiger partial charge in [-0.25, -0.2) is 0 Å². The molecule has 0 spiro atoms. The van der Waals surface area contributed by atoms with Gasteiger partial charge in [0, 0.05) is 6.20 Å². The van der Waals surface area contributed by atoms with Crippen LogP contribution in [-0.2, 0) is 6.54 Å². The summed E-state index contributed by atoms with van der Waals surface area (Å²) in [7, 11) is 0. The van der Waals surface area contributed by atoms with Crippen molar-refractivity contribution in [2.24, 2.45) is 0 Å². The normalized spacial score (nSPS) is 10.9. The summed E-state index contributed by atoms with van der Waals surface area (Å²) in [6, 6.07) is 10.0. The molecule has 0 radical (unpaired) electrons. The molecule has 2 rings (SSSR count). The lowest BCUT2D eigenvalue weighted by Gasteiger charge is -1.95. The van der Waals surface area contributed by atoms with Gasteiger partial charge >= 0.3 is 0 Å². The molecular formula is C14H13ClN2O. The van der Waals surface area contributed by atoms with Gasteiger partial charge in [0.2, 0.25) is 0 Å². The first kappa shape index (κ1) is 12.6. The first-order valence-electron chi connectivity index (χ1n) is 5.63. The van der Waals surface area contributed by atoms with Gasteiger partial charge in [-0.2, -0.15) is 5.10 Å². The fourth-order valence-corrected chi connectivity index (χ4v) is 1.70. The van der Waals surface area contributed by atoms with E-state index in [4.69, 9.17) is 11.6 Å². The van der Waals surface area contributed by atoms with Crippen molar-refractivity contribution in [3.05, 3.63) is 59.9 Å². The predicted molar refractivity (Wildman–Crippen MR) is 72.8 cm³/mol. The summed E-state index contributed by atoms with van der Waals surface area (Å²) >= 11 is 5.48. The number of rotatable bonds is 5. The van der Waals surface area contributed by atoms with Gasteiger partial charge in [-0.1, -0.05) is 42.5 Å². The molecule has 0 bridgehead atoms. The highest BCUT2D eigenvalue weighted by Crippen LogP contribution is 2.03. The number of hydrogen-bond acceptors (Lipinski definition) is 2. The molecular weight excluding hydrogens is 248 g/mol. The van der Waals surface area contributed by atoms with E-state index in [1.807, 2.05) is 42.5 Å². The quantitative estimate of drug-likeness (QED) is 0.612. The Hall–Kier alpha value is -1.87. The van der Waals surface area contributed by atoms with Crippen LogP contribution in [0, 0.1) is 0 Å². The number of aromatic nitrogens is 2. The summed E-state index contributed by atoms with van der Waals surface area (Å²) in [6.07, 6.45) is 7.27. The van der Waals surface area contributed by atoms with E-state index >= 15 is 0 Å². The van der Waals surface area contributed by atoms with E-state index in [1.165, 1.54) is 0 Å². The third kappa shape index (κ3) is 3.31. The van der Waals surface area contributed by atoms with Gasteiger partial charge in [-0.15, -0.1) is 11.6 Å². The maximum atomic E-state index is 11.3. The maximum Gasteiger partial charge on any atom is 0.180 e. The first-order chi connectivity index (χ1) is 8.79. The van der Waals surface area contributed by atoms with Gasteiger partial charge < -0.3 is 0 Å². The summed E-state index contributed by atoms with van der Waals surface area (Å²) in [5.41, 5.74) is 1.69. The number of halogens is 1. The van der Waals surface area contributed by atoms with E-state index in [2.05, 4.69) is 5.10 Å². The van der Waals surface area contributed by atoms with Crippen LogP contribution < -0.4 is 0 Å². The second-order valence-electron chi connectivity index (χ2n) is 3.82. The fraction of sp³-hybridized carbons (Fsp3) is 0.143. The number of hydrogen-bond donors (Lipinski definition) is 0. The molecule has 0 N–H and O–H groups in total. The summed E-state index contributed by atoms with van der Waals surface area (Å²) in [4.78, 5) is 11.3. The SMILES string of the molecule is O=C(CCl)c1cnn(C/C=C/c2ccccc2)c1. The van der Waals surface area contributed by atoms with Crippen LogP contribution in [-0.4, -0.2) is 21.4 Å². The van der Waals surface area contributed by atoms with Gasteiger partial charge in [-0.3, -0.25) is 9.48 Å². The Morgan fingerprint density at radius 1 is 1.33 bits per heavy atom. The van der Waals surface area contributed by atoms with Crippen molar-refractivity contribution >= 4 is 23.5 Å². The lowest BCUT2D eigenvalue weighted by molar-refractivity contribution is 0.102. The van der Waals surface area contributed by atoms with Crippen molar-refractivity contribution < 1.29 is 4.79 Å². The molecule has 92 valence electrons. The number of carbonyl (C=O) groups excluding carboxylic acids is 1. The Morgan fingerprint density at radius 3 is 2.83 bits per heavy atom. The van der Waals surface area contributed by atoms with E-state index in [1.54, 1.807) is 17.1 Å². The molecule has 1 aromatic heterocycles. The van der Waals surface area contributed by atoms with Crippen molar-refractivity contribution in [2.45, 2.75) is 6.54 Å². The van der Waals surface area contributed by atoms with Crippen molar-refractivity contribution in [3.8, 4) is 0 Å². The molecule has 4 heteroatoms. The van der Waals surface area contributed by atoms with Crippen LogP contribution in [0.25, 0.3) is 6.08 Å². The van der Waals surface area contributed by atoms with Crippen molar-refractivity contribution in [1.29, 1.82) is 0 Å². The topological polar surface area (TPSA) is 34.9 Å². The average Bonchev–Trinajstić information content (AvgIpc) is 2.88. The minimum Gasteiger partial charge on any atom is -0.293 e. The molecule has 2 aromatic rings. The molecule has 0 aliphatic carbocycles. The van der Waals surface area contributed by atoms with E-state index in [0.29, 0.717) is 12.1 Å². The molecule has 0 unspecified atom stereocenters. The lowest BCUT2D eigenvalue weighted by Crippen LogP contribution is -1.99. The minimum atomic E-state index is -0.102. The van der Waals surface area contributed by atoms with Crippen LogP contribution in [0.1, 0.15) is 15.9 Å². The number of Topliss-reactive ketones (excluding diaryl/α,β-unsaturated/α-hetero) is 1. The number of ketones is 1. The van der Waals surface area contributed by atoms with Crippen molar-refractivity contribution in [3.63, 3.8) is 0 Å². The zero-order valence-corrected chi connectivity index (χ0v) is 10.5. The summed E-state index contributed by atoms with van der Waals surface area (Å²) in [5.74, 6) is -0.110. The van der Waals surface area contributed by atoms with Crippen LogP contribution in [0.2, 0.25) is 0 Å². The molecule has 0 saturated carbocycles. The third-order valence-electron chi connectivity index (χ3n) is 2.48. The molecule has 0 saturated heterocycles. The molecule has 1 aromatic carbocycles. The monoisotopic (exact) mass is 260 g/mol.